The van der Waals surface area contributed by atoms with Crippen molar-refractivity contribution in [1.82, 2.24) is 0 Å². The van der Waals surface area contributed by atoms with Crippen LogP contribution in [0.5, 0.6) is 0 Å². The van der Waals surface area contributed by atoms with Crippen molar-refractivity contribution in [3.63, 3.8) is 0 Å². The van der Waals surface area contributed by atoms with Crippen LogP contribution in [0.2, 0.25) is 0 Å². The van der Waals surface area contributed by atoms with E-state index in [4.69, 9.17) is 0 Å². The Balaban J connectivity index is 0.000000191. The van der Waals surface area contributed by atoms with Crippen LogP contribution in [-0.4, -0.2) is 0 Å². The molecule has 0 spiro atoms. The summed E-state index contributed by atoms with van der Waals surface area (Å²) in [5, 5.41) is 0. The van der Waals surface area contributed by atoms with E-state index >= 15 is 0 Å². The Morgan fingerprint density at radius 2 is 0.667 bits per heavy atom. The summed E-state index contributed by atoms with van der Waals surface area (Å²) >= 11 is 0. The summed E-state index contributed by atoms with van der Waals surface area (Å²) in [6.07, 6.45) is 29.7. The van der Waals surface area contributed by atoms with Crippen LogP contribution in [0.1, 0.15) is 163 Å². The van der Waals surface area contributed by atoms with Crippen molar-refractivity contribution < 1.29 is 0 Å². The molecule has 0 unspecified atom stereocenters. The van der Waals surface area contributed by atoms with Gasteiger partial charge in [-0.25, -0.2) is 0 Å². The highest BCUT2D eigenvalue weighted by Crippen LogP contribution is 2.27. The summed E-state index contributed by atoms with van der Waals surface area (Å²) in [7, 11) is 0. The molecule has 30 heavy (non-hydrogen) atoms. The molecular formula is C30H60. The van der Waals surface area contributed by atoms with Gasteiger partial charge in [-0.3, -0.25) is 0 Å². The minimum absolute atomic E-state index is 1.04. The maximum absolute atomic E-state index is 2.36. The Labute approximate surface area is 192 Å². The normalized spacial score (nSPS) is 25.1. The van der Waals surface area contributed by atoms with Crippen LogP contribution >= 0.6 is 0 Å². The minimum atomic E-state index is 1.04. The molecule has 0 aliphatic heterocycles. The monoisotopic (exact) mass is 420 g/mol. The molecule has 0 atom stereocenters. The van der Waals surface area contributed by atoms with Crippen LogP contribution in [0.25, 0.3) is 0 Å². The fourth-order valence-electron chi connectivity index (χ4n) is 4.81. The molecule has 0 saturated heterocycles. The van der Waals surface area contributed by atoms with Gasteiger partial charge in [-0.2, -0.15) is 0 Å². The average Bonchev–Trinajstić information content (AvgIpc) is 3.39. The van der Waals surface area contributed by atoms with Crippen LogP contribution in [0.15, 0.2) is 0 Å². The first kappa shape index (κ1) is 28.0. The summed E-state index contributed by atoms with van der Waals surface area (Å²) in [5.74, 6) is 5.32. The molecular weight excluding hydrogens is 360 g/mol. The van der Waals surface area contributed by atoms with Gasteiger partial charge in [0, 0.05) is 0 Å². The molecule has 0 heterocycles. The lowest BCUT2D eigenvalue weighted by molar-refractivity contribution is 0.346. The van der Waals surface area contributed by atoms with E-state index in [1.807, 2.05) is 0 Å². The quantitative estimate of drug-likeness (QED) is 0.395. The number of rotatable bonds is 1. The van der Waals surface area contributed by atoms with Gasteiger partial charge in [-0.05, 0) is 29.6 Å². The second-order valence-corrected chi connectivity index (χ2v) is 11.8. The van der Waals surface area contributed by atoms with Crippen LogP contribution in [0, 0.1) is 29.6 Å². The topological polar surface area (TPSA) is 0 Å². The second kappa shape index (κ2) is 18.6. The first-order valence-corrected chi connectivity index (χ1v) is 14.5. The van der Waals surface area contributed by atoms with Crippen molar-refractivity contribution in [2.45, 2.75) is 163 Å². The standard InChI is InChI=1S/C8H16.C7H14.C6H12.C5H10.C4H8/c1-2-8-6-4-3-5-7-8;1-7-5-3-2-4-6-7;1-6-4-2-3-5-6;1-5-3-2-4-5;1-4-2-3-4/h8H,2-7H2,1H3;7H,2-6H2,1H3;6H,2-5H2,1H3;5H,2-4H2,1H3;4H,2-3H2,1H3. The molecule has 0 N–H and O–H groups in total. The Morgan fingerprint density at radius 3 is 0.800 bits per heavy atom. The van der Waals surface area contributed by atoms with Gasteiger partial charge in [0.15, 0.2) is 0 Å². The van der Waals surface area contributed by atoms with E-state index in [0.29, 0.717) is 0 Å². The Kier molecular flexibility index (Phi) is 17.3. The first-order chi connectivity index (χ1) is 14.5. The van der Waals surface area contributed by atoms with Crippen molar-refractivity contribution in [3.8, 4) is 0 Å². The smallest absolute Gasteiger partial charge is 0.0417 e. The highest BCUT2D eigenvalue weighted by Gasteiger charge is 2.12. The van der Waals surface area contributed by atoms with Gasteiger partial charge >= 0.3 is 0 Å². The molecule has 5 aliphatic rings. The van der Waals surface area contributed by atoms with E-state index in [-0.39, 0.29) is 0 Å². The minimum Gasteiger partial charge on any atom is -0.0651 e. The maximum atomic E-state index is 2.36. The van der Waals surface area contributed by atoms with Gasteiger partial charge < -0.3 is 0 Å². The van der Waals surface area contributed by atoms with Crippen molar-refractivity contribution in [1.29, 1.82) is 0 Å². The summed E-state index contributed by atoms with van der Waals surface area (Å²) < 4.78 is 0. The van der Waals surface area contributed by atoms with Crippen molar-refractivity contribution in [2.24, 2.45) is 29.6 Å². The fourth-order valence-corrected chi connectivity index (χ4v) is 4.81. The van der Waals surface area contributed by atoms with E-state index in [9.17, 15) is 0 Å². The van der Waals surface area contributed by atoms with Crippen LogP contribution < -0.4 is 0 Å². The van der Waals surface area contributed by atoms with E-state index in [0.717, 1.165) is 29.6 Å². The van der Waals surface area contributed by atoms with Crippen LogP contribution in [0.4, 0.5) is 0 Å². The molecule has 0 aromatic carbocycles. The third kappa shape index (κ3) is 17.7. The highest BCUT2D eigenvalue weighted by atomic mass is 14.2. The molecule has 0 bridgehead atoms. The second-order valence-electron chi connectivity index (χ2n) is 11.8. The molecule has 0 aromatic heterocycles. The molecule has 180 valence electrons. The molecule has 5 saturated carbocycles. The van der Waals surface area contributed by atoms with Gasteiger partial charge in [-0.1, -0.05) is 163 Å². The van der Waals surface area contributed by atoms with Gasteiger partial charge in [-0.15, -0.1) is 0 Å². The average molecular weight is 421 g/mol. The SMILES string of the molecule is CC1CC1.CC1CCC1.CC1CCCC1.CC1CCCCC1.CCC1CCCCC1. The Bertz CT molecular complexity index is 333. The number of hydrogen-bond donors (Lipinski definition) is 0. The lowest BCUT2D eigenvalue weighted by atomic mass is 9.88. The van der Waals surface area contributed by atoms with E-state index < -0.39 is 0 Å². The van der Waals surface area contributed by atoms with Crippen molar-refractivity contribution in [2.75, 3.05) is 0 Å². The zero-order valence-corrected chi connectivity index (χ0v) is 22.0. The summed E-state index contributed by atoms with van der Waals surface area (Å²) in [6, 6.07) is 0. The molecule has 5 aliphatic carbocycles. The molecule has 0 aromatic rings. The van der Waals surface area contributed by atoms with Gasteiger partial charge in [0.2, 0.25) is 0 Å². The predicted molar refractivity (Wildman–Crippen MR) is 138 cm³/mol. The van der Waals surface area contributed by atoms with E-state index in [1.165, 1.54) is 128 Å². The number of hydrogen-bond acceptors (Lipinski definition) is 0. The van der Waals surface area contributed by atoms with Gasteiger partial charge in [0.05, 0.1) is 0 Å². The van der Waals surface area contributed by atoms with Gasteiger partial charge in [0.25, 0.3) is 0 Å². The zero-order valence-electron chi connectivity index (χ0n) is 22.0. The fraction of sp³-hybridized carbons (Fsp3) is 1.00. The largest absolute Gasteiger partial charge is 0.0651 e. The highest BCUT2D eigenvalue weighted by molar-refractivity contribution is 4.65. The first-order valence-electron chi connectivity index (χ1n) is 14.5. The Morgan fingerprint density at radius 1 is 0.367 bits per heavy atom. The molecule has 0 amide bonds. The summed E-state index contributed by atoms with van der Waals surface area (Å²) in [6.45, 7) is 11.6. The molecule has 0 radical (unpaired) electrons. The van der Waals surface area contributed by atoms with E-state index in [2.05, 4.69) is 34.6 Å². The molecule has 5 fully saturated rings. The lowest BCUT2D eigenvalue weighted by Crippen LogP contribution is -2.04. The zero-order chi connectivity index (χ0) is 22.0. The Hall–Kier alpha value is 0. The predicted octanol–water partition coefficient (Wildman–Crippen LogP) is 11.0. The van der Waals surface area contributed by atoms with Crippen LogP contribution in [-0.2, 0) is 0 Å². The molecule has 0 nitrogen and oxygen atoms in total. The van der Waals surface area contributed by atoms with Crippen molar-refractivity contribution in [3.05, 3.63) is 0 Å². The molecule has 5 rings (SSSR count). The lowest BCUT2D eigenvalue weighted by Gasteiger charge is -2.18. The summed E-state index contributed by atoms with van der Waals surface area (Å²) in [5.41, 5.74) is 0. The molecule has 0 heteroatoms. The third-order valence-electron chi connectivity index (χ3n) is 8.10. The van der Waals surface area contributed by atoms with Crippen LogP contribution in [0.3, 0.4) is 0 Å². The van der Waals surface area contributed by atoms with Gasteiger partial charge in [0.1, 0.15) is 0 Å². The van der Waals surface area contributed by atoms with Crippen molar-refractivity contribution >= 4 is 0 Å². The third-order valence-corrected chi connectivity index (χ3v) is 8.10. The van der Waals surface area contributed by atoms with E-state index in [1.54, 1.807) is 0 Å². The maximum Gasteiger partial charge on any atom is -0.0417 e. The summed E-state index contributed by atoms with van der Waals surface area (Å²) in [4.78, 5) is 0.